The van der Waals surface area contributed by atoms with Crippen molar-refractivity contribution in [1.29, 1.82) is 0 Å². The molecule has 1 aromatic heterocycles. The molecule has 33 heavy (non-hydrogen) atoms. The van der Waals surface area contributed by atoms with Gasteiger partial charge in [0.25, 0.3) is 5.91 Å². The fourth-order valence-corrected chi connectivity index (χ4v) is 4.96. The molecule has 2 heterocycles. The van der Waals surface area contributed by atoms with Gasteiger partial charge < -0.3 is 21.3 Å². The first-order valence-electron chi connectivity index (χ1n) is 11.0. The molecule has 3 aromatic rings. The van der Waals surface area contributed by atoms with Crippen molar-refractivity contribution >= 4 is 40.6 Å². The second-order valence-corrected chi connectivity index (χ2v) is 9.60. The van der Waals surface area contributed by atoms with Crippen molar-refractivity contribution < 1.29 is 9.59 Å². The molecule has 172 valence electrons. The minimum atomic E-state index is -0.361. The largest absolute Gasteiger partial charge is 0.347 e. The fourth-order valence-electron chi connectivity index (χ4n) is 3.82. The van der Waals surface area contributed by atoms with Crippen molar-refractivity contribution in [3.8, 4) is 10.4 Å². The molecular formula is C25H27ClN4O2S. The minimum absolute atomic E-state index is 0.0760. The molecule has 2 atom stereocenters. The third-order valence-electron chi connectivity index (χ3n) is 5.59. The number of piperidine rings is 1. The standard InChI is InChI=1S/C25H27ClN4O2S/c1-16(17-6-3-2-4-7-17)28-25(32)30-21-14-22(18-9-11-19(26)12-10-18)33-23(21)24(31)29-20-8-5-13-27-15-20/h2-4,6-7,9-12,14,16,20,27H,5,8,13,15H2,1H3,(H,29,31)(H2,28,30,32)/t16?,20-/m0/s1. The van der Waals surface area contributed by atoms with Gasteiger partial charge >= 0.3 is 6.03 Å². The Labute approximate surface area is 202 Å². The zero-order chi connectivity index (χ0) is 23.2. The van der Waals surface area contributed by atoms with Crippen LogP contribution in [0.5, 0.6) is 0 Å². The second kappa shape index (κ2) is 10.8. The summed E-state index contributed by atoms with van der Waals surface area (Å²) < 4.78 is 0. The summed E-state index contributed by atoms with van der Waals surface area (Å²) >= 11 is 7.38. The van der Waals surface area contributed by atoms with Gasteiger partial charge in [-0.3, -0.25) is 4.79 Å². The van der Waals surface area contributed by atoms with Crippen LogP contribution in [0.1, 0.15) is 41.0 Å². The first-order chi connectivity index (χ1) is 16.0. The van der Waals surface area contributed by atoms with E-state index in [0.717, 1.165) is 41.9 Å². The van der Waals surface area contributed by atoms with Crippen LogP contribution in [0.3, 0.4) is 0 Å². The smallest absolute Gasteiger partial charge is 0.319 e. The minimum Gasteiger partial charge on any atom is -0.347 e. The van der Waals surface area contributed by atoms with E-state index < -0.39 is 0 Å². The summed E-state index contributed by atoms with van der Waals surface area (Å²) in [5.74, 6) is -0.180. The molecule has 4 N–H and O–H groups in total. The first-order valence-corrected chi connectivity index (χ1v) is 12.2. The average molecular weight is 483 g/mol. The lowest BCUT2D eigenvalue weighted by atomic mass is 10.1. The maximum atomic E-state index is 13.1. The molecule has 6 nitrogen and oxygen atoms in total. The van der Waals surface area contributed by atoms with Gasteiger partial charge in [0.05, 0.1) is 11.7 Å². The highest BCUT2D eigenvalue weighted by Gasteiger charge is 2.23. The van der Waals surface area contributed by atoms with E-state index in [1.807, 2.05) is 67.6 Å². The third kappa shape index (κ3) is 6.13. The first kappa shape index (κ1) is 23.3. The Morgan fingerprint density at radius 3 is 2.58 bits per heavy atom. The van der Waals surface area contributed by atoms with Crippen molar-refractivity contribution in [3.05, 3.63) is 76.1 Å². The van der Waals surface area contributed by atoms with Gasteiger partial charge in [-0.15, -0.1) is 11.3 Å². The lowest BCUT2D eigenvalue weighted by Crippen LogP contribution is -2.45. The number of nitrogens with one attached hydrogen (secondary N) is 4. The number of urea groups is 1. The quantitative estimate of drug-likeness (QED) is 0.378. The van der Waals surface area contributed by atoms with Crippen molar-refractivity contribution in [2.24, 2.45) is 0 Å². The molecule has 1 saturated heterocycles. The number of thiophene rings is 1. The summed E-state index contributed by atoms with van der Waals surface area (Å²) in [5, 5.41) is 12.9. The van der Waals surface area contributed by atoms with Crippen LogP contribution >= 0.6 is 22.9 Å². The highest BCUT2D eigenvalue weighted by Crippen LogP contribution is 2.35. The summed E-state index contributed by atoms with van der Waals surface area (Å²) in [6.07, 6.45) is 1.96. The van der Waals surface area contributed by atoms with E-state index in [1.54, 1.807) is 0 Å². The van der Waals surface area contributed by atoms with E-state index in [0.29, 0.717) is 15.6 Å². The van der Waals surface area contributed by atoms with Gasteiger partial charge in [-0.2, -0.15) is 0 Å². The van der Waals surface area contributed by atoms with Gasteiger partial charge in [-0.05, 0) is 55.6 Å². The van der Waals surface area contributed by atoms with Gasteiger partial charge in [0.2, 0.25) is 0 Å². The zero-order valence-electron chi connectivity index (χ0n) is 18.4. The second-order valence-electron chi connectivity index (χ2n) is 8.11. The van der Waals surface area contributed by atoms with E-state index in [9.17, 15) is 9.59 Å². The van der Waals surface area contributed by atoms with Crippen LogP contribution in [0.4, 0.5) is 10.5 Å². The molecule has 1 fully saturated rings. The molecule has 0 saturated carbocycles. The summed E-state index contributed by atoms with van der Waals surface area (Å²) in [7, 11) is 0. The van der Waals surface area contributed by atoms with Crippen molar-refractivity contribution in [2.75, 3.05) is 18.4 Å². The van der Waals surface area contributed by atoms with Crippen LogP contribution in [0.15, 0.2) is 60.7 Å². The van der Waals surface area contributed by atoms with Gasteiger partial charge in [0, 0.05) is 22.5 Å². The number of anilines is 1. The maximum absolute atomic E-state index is 13.1. The van der Waals surface area contributed by atoms with E-state index in [1.165, 1.54) is 11.3 Å². The van der Waals surface area contributed by atoms with Gasteiger partial charge in [0.15, 0.2) is 0 Å². The number of benzene rings is 2. The molecule has 2 aromatic carbocycles. The highest BCUT2D eigenvalue weighted by atomic mass is 35.5. The fraction of sp³-hybridized carbons (Fsp3) is 0.280. The number of carbonyl (C=O) groups excluding carboxylic acids is 2. The Hall–Kier alpha value is -2.87. The predicted octanol–water partition coefficient (Wildman–Crippen LogP) is 5.43. The number of amides is 3. The molecule has 0 radical (unpaired) electrons. The van der Waals surface area contributed by atoms with Crippen LogP contribution in [0.25, 0.3) is 10.4 Å². The SMILES string of the molecule is CC(NC(=O)Nc1cc(-c2ccc(Cl)cc2)sc1C(=O)N[C@H]1CCCNC1)c1ccccc1. The van der Waals surface area contributed by atoms with Crippen LogP contribution in [-0.4, -0.2) is 31.1 Å². The van der Waals surface area contributed by atoms with Crippen LogP contribution in [0.2, 0.25) is 5.02 Å². The van der Waals surface area contributed by atoms with E-state index >= 15 is 0 Å². The average Bonchev–Trinajstić information content (AvgIpc) is 3.24. The van der Waals surface area contributed by atoms with Crippen molar-refractivity contribution in [2.45, 2.75) is 31.8 Å². The molecule has 3 amide bonds. The molecule has 1 aliphatic rings. The Morgan fingerprint density at radius 2 is 1.88 bits per heavy atom. The van der Waals surface area contributed by atoms with Gasteiger partial charge in [-0.1, -0.05) is 54.1 Å². The Morgan fingerprint density at radius 1 is 1.12 bits per heavy atom. The Balaban J connectivity index is 1.54. The van der Waals surface area contributed by atoms with Crippen molar-refractivity contribution in [1.82, 2.24) is 16.0 Å². The van der Waals surface area contributed by atoms with Crippen molar-refractivity contribution in [3.63, 3.8) is 0 Å². The molecule has 8 heteroatoms. The molecule has 4 rings (SSSR count). The summed E-state index contributed by atoms with van der Waals surface area (Å²) in [5.41, 5.74) is 2.43. The summed E-state index contributed by atoms with van der Waals surface area (Å²) in [6.45, 7) is 3.64. The van der Waals surface area contributed by atoms with Gasteiger partial charge in [-0.25, -0.2) is 4.79 Å². The predicted molar refractivity (Wildman–Crippen MR) is 135 cm³/mol. The monoisotopic (exact) mass is 482 g/mol. The maximum Gasteiger partial charge on any atom is 0.319 e. The van der Waals surface area contributed by atoms with Gasteiger partial charge in [0.1, 0.15) is 4.88 Å². The Bertz CT molecular complexity index is 1100. The summed E-state index contributed by atoms with van der Waals surface area (Å²) in [6, 6.07) is 18.5. The van der Waals surface area contributed by atoms with Crippen LogP contribution in [0, 0.1) is 0 Å². The summed E-state index contributed by atoms with van der Waals surface area (Å²) in [4.78, 5) is 27.3. The molecule has 1 unspecified atom stereocenters. The van der Waals surface area contributed by atoms with Crippen LogP contribution < -0.4 is 21.3 Å². The molecule has 1 aliphatic heterocycles. The number of hydrogen-bond donors (Lipinski definition) is 4. The zero-order valence-corrected chi connectivity index (χ0v) is 19.9. The molecular weight excluding hydrogens is 456 g/mol. The van der Waals surface area contributed by atoms with E-state index in [-0.39, 0.29) is 24.0 Å². The number of halogens is 1. The molecule has 0 aliphatic carbocycles. The normalized spacial score (nSPS) is 16.6. The van der Waals surface area contributed by atoms with Crippen LogP contribution in [-0.2, 0) is 0 Å². The van der Waals surface area contributed by atoms with E-state index in [2.05, 4.69) is 21.3 Å². The Kier molecular flexibility index (Phi) is 7.65. The highest BCUT2D eigenvalue weighted by molar-refractivity contribution is 7.18. The number of hydrogen-bond acceptors (Lipinski definition) is 4. The lowest BCUT2D eigenvalue weighted by molar-refractivity contribution is 0.0935. The van der Waals surface area contributed by atoms with E-state index in [4.69, 9.17) is 11.6 Å². The number of carbonyl (C=O) groups is 2. The third-order valence-corrected chi connectivity index (χ3v) is 7.03. The number of rotatable bonds is 6. The lowest BCUT2D eigenvalue weighted by Gasteiger charge is -2.23. The molecule has 0 bridgehead atoms. The topological polar surface area (TPSA) is 82.3 Å². The molecule has 0 spiro atoms.